The van der Waals surface area contributed by atoms with E-state index in [0.717, 1.165) is 48.3 Å². The molecule has 1 saturated carbocycles. The van der Waals surface area contributed by atoms with Gasteiger partial charge >= 0.3 is 0 Å². The van der Waals surface area contributed by atoms with Gasteiger partial charge in [0.15, 0.2) is 11.5 Å². The summed E-state index contributed by atoms with van der Waals surface area (Å²) in [6.45, 7) is 7.80. The zero-order valence-electron chi connectivity index (χ0n) is 23.0. The number of nitrogens with two attached hydrogens (primary N) is 1. The number of hydrogen-bond acceptors (Lipinski definition) is 8. The second-order valence-corrected chi connectivity index (χ2v) is 10.6. The van der Waals surface area contributed by atoms with Crippen molar-refractivity contribution in [3.05, 3.63) is 72.2 Å². The lowest BCUT2D eigenvalue weighted by atomic mass is 9.66. The van der Waals surface area contributed by atoms with Gasteiger partial charge in [-0.2, -0.15) is 0 Å². The molecule has 0 spiro atoms. The van der Waals surface area contributed by atoms with Gasteiger partial charge in [-0.05, 0) is 75.3 Å². The number of aromatic nitrogens is 3. The third-order valence-corrected chi connectivity index (χ3v) is 8.49. The van der Waals surface area contributed by atoms with E-state index in [2.05, 4.69) is 51.8 Å². The molecule has 39 heavy (non-hydrogen) atoms. The molecule has 1 aromatic carbocycles. The third kappa shape index (κ3) is 4.77. The summed E-state index contributed by atoms with van der Waals surface area (Å²) in [7, 11) is 3.73. The maximum absolute atomic E-state index is 11.9. The van der Waals surface area contributed by atoms with Crippen LogP contribution in [0.3, 0.4) is 0 Å². The Morgan fingerprint density at radius 2 is 1.95 bits per heavy atom. The molecule has 5 rings (SSSR count). The van der Waals surface area contributed by atoms with Crippen molar-refractivity contribution in [2.75, 3.05) is 24.8 Å². The van der Waals surface area contributed by atoms with Crippen molar-refractivity contribution in [1.82, 2.24) is 20.3 Å². The average molecular weight is 529 g/mol. The number of nitrogens with one attached hydrogen (secondary N) is 1. The number of hydrogen-bond donors (Lipinski definition) is 2. The number of anilines is 2. The highest BCUT2D eigenvalue weighted by atomic mass is 16.5. The van der Waals surface area contributed by atoms with E-state index in [1.807, 2.05) is 37.3 Å². The first kappa shape index (κ1) is 26.5. The van der Waals surface area contributed by atoms with Crippen LogP contribution in [0.4, 0.5) is 11.6 Å². The van der Waals surface area contributed by atoms with E-state index in [1.165, 1.54) is 12.4 Å². The van der Waals surface area contributed by atoms with Gasteiger partial charge in [-0.1, -0.05) is 18.7 Å². The maximum Gasteiger partial charge on any atom is 0.243 e. The van der Waals surface area contributed by atoms with Gasteiger partial charge in [-0.15, -0.1) is 0 Å². The van der Waals surface area contributed by atoms with Crippen molar-refractivity contribution in [1.29, 1.82) is 0 Å². The van der Waals surface area contributed by atoms with E-state index in [0.29, 0.717) is 29.1 Å². The molecular weight excluding hydrogens is 492 g/mol. The summed E-state index contributed by atoms with van der Waals surface area (Å²) in [5.41, 5.74) is 9.05. The molecule has 204 valence electrons. The normalized spacial score (nSPS) is 24.1. The number of fused-ring (bicyclic) bond motifs is 1. The minimum atomic E-state index is -0.328. The van der Waals surface area contributed by atoms with Gasteiger partial charge in [0.25, 0.3) is 0 Å². The quantitative estimate of drug-likeness (QED) is 0.422. The summed E-state index contributed by atoms with van der Waals surface area (Å²) in [4.78, 5) is 27.6. The Morgan fingerprint density at radius 3 is 2.64 bits per heavy atom. The molecule has 1 fully saturated rings. The van der Waals surface area contributed by atoms with Gasteiger partial charge < -0.3 is 25.4 Å². The van der Waals surface area contributed by atoms with Crippen LogP contribution in [0, 0.1) is 12.8 Å². The number of rotatable bonds is 7. The van der Waals surface area contributed by atoms with Crippen molar-refractivity contribution in [3.63, 3.8) is 0 Å². The highest BCUT2D eigenvalue weighted by molar-refractivity contribution is 5.87. The first-order valence-electron chi connectivity index (χ1n) is 13.3. The largest absolute Gasteiger partial charge is 0.493 e. The van der Waals surface area contributed by atoms with E-state index in [9.17, 15) is 4.79 Å². The number of pyridine rings is 1. The molecule has 9 heteroatoms. The number of carbonyl (C=O) groups excluding carboxylic acids is 1. The van der Waals surface area contributed by atoms with Crippen molar-refractivity contribution >= 4 is 17.5 Å². The van der Waals surface area contributed by atoms with Gasteiger partial charge in [-0.25, -0.2) is 15.0 Å². The van der Waals surface area contributed by atoms with Crippen LogP contribution < -0.4 is 25.4 Å². The summed E-state index contributed by atoms with van der Waals surface area (Å²) in [5.74, 6) is 3.15. The minimum Gasteiger partial charge on any atom is -0.493 e. The first-order valence-corrected chi connectivity index (χ1v) is 13.3. The fourth-order valence-corrected chi connectivity index (χ4v) is 6.39. The summed E-state index contributed by atoms with van der Waals surface area (Å²) in [5, 5.41) is 3.07. The van der Waals surface area contributed by atoms with Crippen molar-refractivity contribution in [2.45, 2.75) is 57.0 Å². The van der Waals surface area contributed by atoms with Gasteiger partial charge in [0, 0.05) is 36.3 Å². The Hall–Kier alpha value is -4.14. The van der Waals surface area contributed by atoms with Gasteiger partial charge in [0.05, 0.1) is 12.6 Å². The molecular formula is C30H36N6O3. The monoisotopic (exact) mass is 528 g/mol. The number of methoxy groups -OCH3 is 1. The van der Waals surface area contributed by atoms with E-state index < -0.39 is 0 Å². The lowest BCUT2D eigenvalue weighted by Gasteiger charge is -2.47. The molecule has 1 aliphatic carbocycles. The number of ether oxygens (including phenoxy) is 2. The van der Waals surface area contributed by atoms with Crippen LogP contribution >= 0.6 is 0 Å². The average Bonchev–Trinajstić information content (AvgIpc) is 3.17. The lowest BCUT2D eigenvalue weighted by molar-refractivity contribution is -0.117. The Morgan fingerprint density at radius 1 is 1.18 bits per heavy atom. The van der Waals surface area contributed by atoms with Crippen LogP contribution in [0.2, 0.25) is 0 Å². The highest BCUT2D eigenvalue weighted by Gasteiger charge is 2.54. The number of nitrogens with zero attached hydrogens (tertiary/aromatic N) is 4. The molecule has 0 radical (unpaired) electrons. The fourth-order valence-electron chi connectivity index (χ4n) is 6.39. The Kier molecular flexibility index (Phi) is 7.16. The van der Waals surface area contributed by atoms with Gasteiger partial charge in [0.2, 0.25) is 11.8 Å². The maximum atomic E-state index is 11.9. The van der Waals surface area contributed by atoms with Crippen LogP contribution in [-0.2, 0) is 4.79 Å². The van der Waals surface area contributed by atoms with Crippen LogP contribution in [0.1, 0.15) is 55.3 Å². The lowest BCUT2D eigenvalue weighted by Crippen LogP contribution is -2.53. The zero-order valence-corrected chi connectivity index (χ0v) is 23.0. The number of amides is 1. The Labute approximate surface area is 229 Å². The molecule has 2 aliphatic rings. The van der Waals surface area contributed by atoms with Crippen LogP contribution in [0.5, 0.6) is 17.4 Å². The zero-order chi connectivity index (χ0) is 27.7. The van der Waals surface area contributed by atoms with Crippen molar-refractivity contribution in [2.24, 2.45) is 5.92 Å². The molecule has 1 aliphatic heterocycles. The SMILES string of the molecule is C=CC(=O)NC1CCC(C2(C)C(c3ccc(Oc4cccc(C)n4)c(OC)c3)c3c(N)ncnc3N2C)CC1. The molecule has 3 aromatic rings. The Bertz CT molecular complexity index is 1390. The van der Waals surface area contributed by atoms with Crippen LogP contribution in [-0.4, -0.2) is 46.6 Å². The number of likely N-dealkylation sites (N-methyl/N-ethyl adjacent to an activating group) is 1. The number of benzene rings is 1. The first-order chi connectivity index (χ1) is 18.8. The molecule has 1 amide bonds. The van der Waals surface area contributed by atoms with E-state index >= 15 is 0 Å². The topological polar surface area (TPSA) is 115 Å². The second-order valence-electron chi connectivity index (χ2n) is 10.6. The number of carbonyl (C=O) groups is 1. The molecule has 3 heterocycles. The van der Waals surface area contributed by atoms with Crippen LogP contribution in [0.15, 0.2) is 55.4 Å². The van der Waals surface area contributed by atoms with Crippen LogP contribution in [0.25, 0.3) is 0 Å². The summed E-state index contributed by atoms with van der Waals surface area (Å²) in [6, 6.07) is 11.8. The molecule has 2 unspecified atom stereocenters. The Balaban J connectivity index is 1.51. The van der Waals surface area contributed by atoms with E-state index in [4.69, 9.17) is 15.2 Å². The summed E-state index contributed by atoms with van der Waals surface area (Å²) < 4.78 is 11.9. The molecule has 2 aromatic heterocycles. The third-order valence-electron chi connectivity index (χ3n) is 8.49. The highest BCUT2D eigenvalue weighted by Crippen LogP contribution is 2.57. The minimum absolute atomic E-state index is 0.0944. The van der Waals surface area contributed by atoms with Crippen molar-refractivity contribution in [3.8, 4) is 17.4 Å². The predicted octanol–water partition coefficient (Wildman–Crippen LogP) is 4.76. The predicted molar refractivity (Wildman–Crippen MR) is 151 cm³/mol. The molecule has 2 atom stereocenters. The summed E-state index contributed by atoms with van der Waals surface area (Å²) in [6.07, 6.45) is 6.58. The molecule has 9 nitrogen and oxygen atoms in total. The molecule has 0 bridgehead atoms. The van der Waals surface area contributed by atoms with Gasteiger partial charge in [0.1, 0.15) is 18.0 Å². The van der Waals surface area contributed by atoms with Crippen molar-refractivity contribution < 1.29 is 14.3 Å². The van der Waals surface area contributed by atoms with E-state index in [1.54, 1.807) is 7.11 Å². The fraction of sp³-hybridized carbons (Fsp3) is 0.400. The van der Waals surface area contributed by atoms with E-state index in [-0.39, 0.29) is 23.4 Å². The molecule has 0 saturated heterocycles. The van der Waals surface area contributed by atoms with Gasteiger partial charge in [-0.3, -0.25) is 4.79 Å². The standard InChI is InChI=1S/C30H36N6O3/c1-6-24(37)35-21-13-11-20(12-14-21)30(3)27(26-28(31)32-17-33-29(26)36(30)4)19-10-15-22(23(16-19)38-5)39-25-9-7-8-18(2)34-25/h6-10,15-17,20-21,27H,1,11-14H2,2-5H3,(H,35,37)(H2,31,32,33). The molecule has 3 N–H and O–H groups in total. The number of nitrogen functional groups attached to an aromatic ring is 1. The summed E-state index contributed by atoms with van der Waals surface area (Å²) >= 11 is 0. The smallest absolute Gasteiger partial charge is 0.243 e. The number of aryl methyl sites for hydroxylation is 1. The second kappa shape index (κ2) is 10.6.